The fourth-order valence-corrected chi connectivity index (χ4v) is 3.30. The smallest absolute Gasteiger partial charge is 0.225 e. The van der Waals surface area contributed by atoms with Crippen molar-refractivity contribution in [1.82, 2.24) is 14.9 Å². The summed E-state index contributed by atoms with van der Waals surface area (Å²) in [6.07, 6.45) is 5.93. The highest BCUT2D eigenvalue weighted by Crippen LogP contribution is 2.29. The van der Waals surface area contributed by atoms with Crippen LogP contribution in [0.25, 0.3) is 0 Å². The van der Waals surface area contributed by atoms with Gasteiger partial charge in [-0.3, -0.25) is 4.90 Å². The Balaban J connectivity index is 1.53. The normalized spacial score (nSPS) is 27.8. The van der Waals surface area contributed by atoms with Crippen LogP contribution in [0.4, 0.5) is 5.95 Å². The molecule has 0 amide bonds. The summed E-state index contributed by atoms with van der Waals surface area (Å²) in [5, 5.41) is 0. The Morgan fingerprint density at radius 1 is 1.19 bits per heavy atom. The number of anilines is 1. The van der Waals surface area contributed by atoms with Crippen LogP contribution in [0.5, 0.6) is 0 Å². The van der Waals surface area contributed by atoms with Gasteiger partial charge in [-0.15, -0.1) is 0 Å². The monoisotopic (exact) mass is 291 g/mol. The van der Waals surface area contributed by atoms with Crippen LogP contribution in [0.3, 0.4) is 0 Å². The van der Waals surface area contributed by atoms with Crippen LogP contribution in [-0.4, -0.2) is 67.4 Å². The van der Waals surface area contributed by atoms with Gasteiger partial charge in [-0.25, -0.2) is 9.97 Å². The Morgan fingerprint density at radius 2 is 1.95 bits per heavy atom. The molecule has 116 valence electrons. The molecular weight excluding hydrogens is 266 g/mol. The lowest BCUT2D eigenvalue weighted by Gasteiger charge is -2.43. The van der Waals surface area contributed by atoms with Crippen LogP contribution < -0.4 is 10.6 Å². The first kappa shape index (κ1) is 14.7. The molecule has 2 aliphatic rings. The molecule has 0 saturated carbocycles. The van der Waals surface area contributed by atoms with Gasteiger partial charge in [-0.2, -0.15) is 0 Å². The molecule has 2 fully saturated rings. The zero-order valence-corrected chi connectivity index (χ0v) is 12.6. The van der Waals surface area contributed by atoms with E-state index in [0.717, 1.165) is 64.9 Å². The van der Waals surface area contributed by atoms with E-state index in [-0.39, 0.29) is 5.41 Å². The largest absolute Gasteiger partial charge is 0.381 e. The van der Waals surface area contributed by atoms with E-state index in [2.05, 4.69) is 19.8 Å². The van der Waals surface area contributed by atoms with Crippen molar-refractivity contribution < 1.29 is 4.74 Å². The van der Waals surface area contributed by atoms with Gasteiger partial charge in [-0.05, 0) is 18.9 Å². The zero-order chi connectivity index (χ0) is 14.5. The zero-order valence-electron chi connectivity index (χ0n) is 12.6. The van der Waals surface area contributed by atoms with Crippen LogP contribution in [0, 0.1) is 5.41 Å². The van der Waals surface area contributed by atoms with Gasteiger partial charge in [-0.1, -0.05) is 0 Å². The molecule has 6 nitrogen and oxygen atoms in total. The second-order valence-electron chi connectivity index (χ2n) is 6.17. The molecule has 0 aromatic carbocycles. The lowest BCUT2D eigenvalue weighted by Crippen LogP contribution is -2.53. The van der Waals surface area contributed by atoms with Crippen LogP contribution >= 0.6 is 0 Å². The number of piperazine rings is 1. The van der Waals surface area contributed by atoms with Crippen LogP contribution in [0.2, 0.25) is 0 Å². The maximum atomic E-state index is 6.04. The van der Waals surface area contributed by atoms with E-state index >= 15 is 0 Å². The summed E-state index contributed by atoms with van der Waals surface area (Å²) < 4.78 is 5.67. The third-order valence-electron chi connectivity index (χ3n) is 4.60. The summed E-state index contributed by atoms with van der Waals surface area (Å²) in [5.41, 5.74) is 6.19. The van der Waals surface area contributed by atoms with Gasteiger partial charge < -0.3 is 15.4 Å². The lowest BCUT2D eigenvalue weighted by molar-refractivity contribution is -0.0225. The summed E-state index contributed by atoms with van der Waals surface area (Å²) in [6, 6.07) is 1.85. The van der Waals surface area contributed by atoms with E-state index in [1.165, 1.54) is 6.42 Å². The Bertz CT molecular complexity index is 427. The number of rotatable bonds is 4. The molecule has 1 aromatic rings. The van der Waals surface area contributed by atoms with Gasteiger partial charge in [0.1, 0.15) is 0 Å². The maximum absolute atomic E-state index is 6.04. The molecule has 6 heteroatoms. The van der Waals surface area contributed by atoms with E-state index in [4.69, 9.17) is 10.5 Å². The van der Waals surface area contributed by atoms with Gasteiger partial charge >= 0.3 is 0 Å². The number of hydrogen-bond donors (Lipinski definition) is 1. The highest BCUT2D eigenvalue weighted by Gasteiger charge is 2.34. The maximum Gasteiger partial charge on any atom is 0.225 e. The van der Waals surface area contributed by atoms with Crippen molar-refractivity contribution in [3.63, 3.8) is 0 Å². The first-order valence-electron chi connectivity index (χ1n) is 7.83. The number of ether oxygens (including phenoxy) is 1. The summed E-state index contributed by atoms with van der Waals surface area (Å²) in [6.45, 7) is 7.51. The second kappa shape index (κ2) is 6.68. The summed E-state index contributed by atoms with van der Waals surface area (Å²) in [5.74, 6) is 0.840. The summed E-state index contributed by atoms with van der Waals surface area (Å²) in [7, 11) is 0. The van der Waals surface area contributed by atoms with Crippen LogP contribution in [0.1, 0.15) is 12.8 Å². The minimum Gasteiger partial charge on any atom is -0.381 e. The van der Waals surface area contributed by atoms with Gasteiger partial charge in [0.25, 0.3) is 0 Å². The van der Waals surface area contributed by atoms with Crippen molar-refractivity contribution >= 4 is 5.95 Å². The molecule has 2 saturated heterocycles. The quantitative estimate of drug-likeness (QED) is 0.863. The lowest BCUT2D eigenvalue weighted by atomic mass is 9.82. The average Bonchev–Trinajstić information content (AvgIpc) is 2.57. The van der Waals surface area contributed by atoms with Gasteiger partial charge in [0.15, 0.2) is 0 Å². The summed E-state index contributed by atoms with van der Waals surface area (Å²) in [4.78, 5) is 13.4. The van der Waals surface area contributed by atoms with Gasteiger partial charge in [0.05, 0.1) is 6.61 Å². The molecule has 1 unspecified atom stereocenters. The Kier molecular flexibility index (Phi) is 4.67. The Labute approximate surface area is 126 Å². The molecule has 1 atom stereocenters. The molecule has 2 N–H and O–H groups in total. The van der Waals surface area contributed by atoms with E-state index in [1.807, 2.05) is 6.07 Å². The summed E-state index contributed by atoms with van der Waals surface area (Å²) >= 11 is 0. The predicted octanol–water partition coefficient (Wildman–Crippen LogP) is 0.354. The standard InChI is InChI=1S/C15H25N5O/c16-11-15(3-1-10-21-13-15)12-19-6-8-20(9-7-19)14-17-4-2-5-18-14/h2,4-5H,1,3,6-13,16H2. The van der Waals surface area contributed by atoms with E-state index in [0.29, 0.717) is 0 Å². The molecule has 3 rings (SSSR count). The Morgan fingerprint density at radius 3 is 2.57 bits per heavy atom. The fraction of sp³-hybridized carbons (Fsp3) is 0.733. The molecule has 0 bridgehead atoms. The molecule has 21 heavy (non-hydrogen) atoms. The van der Waals surface area contributed by atoms with E-state index in [1.54, 1.807) is 12.4 Å². The van der Waals surface area contributed by atoms with Crippen molar-refractivity contribution in [3.8, 4) is 0 Å². The van der Waals surface area contributed by atoms with Crippen molar-refractivity contribution in [1.29, 1.82) is 0 Å². The third kappa shape index (κ3) is 3.51. The minimum atomic E-state index is 0.156. The molecule has 3 heterocycles. The van der Waals surface area contributed by atoms with Crippen molar-refractivity contribution in [3.05, 3.63) is 18.5 Å². The topological polar surface area (TPSA) is 67.5 Å². The Hall–Kier alpha value is -1.24. The molecular formula is C15H25N5O. The van der Waals surface area contributed by atoms with Crippen molar-refractivity contribution in [2.24, 2.45) is 11.1 Å². The highest BCUT2D eigenvalue weighted by molar-refractivity contribution is 5.29. The van der Waals surface area contributed by atoms with E-state index in [9.17, 15) is 0 Å². The first-order chi connectivity index (χ1) is 10.3. The predicted molar refractivity (Wildman–Crippen MR) is 82.2 cm³/mol. The van der Waals surface area contributed by atoms with E-state index < -0.39 is 0 Å². The average molecular weight is 291 g/mol. The fourth-order valence-electron chi connectivity index (χ4n) is 3.30. The first-order valence-corrected chi connectivity index (χ1v) is 7.83. The second-order valence-corrected chi connectivity index (χ2v) is 6.17. The SMILES string of the molecule is NCC1(CN2CCN(c3ncccn3)CC2)CCCOC1. The molecule has 1 aromatic heterocycles. The third-order valence-corrected chi connectivity index (χ3v) is 4.60. The van der Waals surface area contributed by atoms with Crippen molar-refractivity contribution in [2.75, 3.05) is 57.4 Å². The van der Waals surface area contributed by atoms with Crippen LogP contribution in [-0.2, 0) is 4.74 Å². The van der Waals surface area contributed by atoms with Crippen molar-refractivity contribution in [2.45, 2.75) is 12.8 Å². The molecule has 0 spiro atoms. The number of aromatic nitrogens is 2. The minimum absolute atomic E-state index is 0.156. The highest BCUT2D eigenvalue weighted by atomic mass is 16.5. The number of hydrogen-bond acceptors (Lipinski definition) is 6. The molecule has 0 aliphatic carbocycles. The van der Waals surface area contributed by atoms with Gasteiger partial charge in [0.2, 0.25) is 5.95 Å². The van der Waals surface area contributed by atoms with Crippen LogP contribution in [0.15, 0.2) is 18.5 Å². The number of nitrogens with zero attached hydrogens (tertiary/aromatic N) is 4. The number of nitrogens with two attached hydrogens (primary N) is 1. The molecule has 0 radical (unpaired) electrons. The molecule has 2 aliphatic heterocycles. The van der Waals surface area contributed by atoms with Gasteiger partial charge in [0, 0.05) is 63.7 Å².